The van der Waals surface area contributed by atoms with E-state index in [4.69, 9.17) is 4.74 Å². The predicted molar refractivity (Wildman–Crippen MR) is 72.7 cm³/mol. The molecule has 1 aromatic heterocycles. The third-order valence-corrected chi connectivity index (χ3v) is 4.28. The van der Waals surface area contributed by atoms with E-state index in [1.54, 1.807) is 0 Å². The van der Waals surface area contributed by atoms with Gasteiger partial charge >= 0.3 is 0 Å². The second kappa shape index (κ2) is 6.50. The van der Waals surface area contributed by atoms with Crippen molar-refractivity contribution in [1.29, 1.82) is 0 Å². The summed E-state index contributed by atoms with van der Waals surface area (Å²) in [5, 5.41) is 5.72. The number of nitrogens with one attached hydrogen (secondary N) is 1. The van der Waals surface area contributed by atoms with Gasteiger partial charge in [0.25, 0.3) is 0 Å². The van der Waals surface area contributed by atoms with Crippen LogP contribution in [0.25, 0.3) is 0 Å². The predicted octanol–water partition coefficient (Wildman–Crippen LogP) is 1.60. The number of hydrogen-bond donors (Lipinski definition) is 1. The van der Waals surface area contributed by atoms with Crippen molar-refractivity contribution in [3.63, 3.8) is 0 Å². The highest BCUT2D eigenvalue weighted by Crippen LogP contribution is 2.16. The van der Waals surface area contributed by atoms with Crippen molar-refractivity contribution in [2.24, 2.45) is 0 Å². The molecule has 4 heteroatoms. The molecule has 2 heterocycles. The first-order valence-electron chi connectivity index (χ1n) is 6.27. The molecule has 1 aliphatic heterocycles. The Labute approximate surface area is 108 Å². The molecule has 0 amide bonds. The first-order valence-corrected chi connectivity index (χ1v) is 7.15. The maximum absolute atomic E-state index is 5.56. The van der Waals surface area contributed by atoms with Gasteiger partial charge < -0.3 is 15.0 Å². The lowest BCUT2D eigenvalue weighted by molar-refractivity contribution is 0.0444. The minimum absolute atomic E-state index is 0.471. The number of rotatable bonds is 5. The summed E-state index contributed by atoms with van der Waals surface area (Å²) in [5.41, 5.74) is 0. The number of morpholine rings is 1. The Kier molecular flexibility index (Phi) is 4.98. The van der Waals surface area contributed by atoms with Gasteiger partial charge in [-0.3, -0.25) is 0 Å². The molecule has 0 bridgehead atoms. The average molecular weight is 254 g/mol. The maximum Gasteiger partial charge on any atom is 0.0635 e. The van der Waals surface area contributed by atoms with E-state index < -0.39 is 0 Å². The molecule has 0 radical (unpaired) electrons. The lowest BCUT2D eigenvalue weighted by Gasteiger charge is -2.35. The lowest BCUT2D eigenvalue weighted by atomic mass is 10.0. The molecule has 1 aromatic rings. The topological polar surface area (TPSA) is 24.5 Å². The largest absolute Gasteiger partial charge is 0.378 e. The Morgan fingerprint density at radius 3 is 3.06 bits per heavy atom. The summed E-state index contributed by atoms with van der Waals surface area (Å²) in [4.78, 5) is 3.80. The van der Waals surface area contributed by atoms with Crippen LogP contribution in [-0.4, -0.2) is 50.8 Å². The van der Waals surface area contributed by atoms with Gasteiger partial charge in [-0.2, -0.15) is 0 Å². The quantitative estimate of drug-likeness (QED) is 0.864. The number of aryl methyl sites for hydroxylation is 1. The van der Waals surface area contributed by atoms with Gasteiger partial charge in [0.2, 0.25) is 0 Å². The van der Waals surface area contributed by atoms with Crippen LogP contribution < -0.4 is 5.32 Å². The van der Waals surface area contributed by atoms with Gasteiger partial charge in [0.1, 0.15) is 0 Å². The van der Waals surface area contributed by atoms with Gasteiger partial charge in [-0.15, -0.1) is 11.3 Å². The van der Waals surface area contributed by atoms with Crippen LogP contribution in [0, 0.1) is 0 Å². The minimum atomic E-state index is 0.471. The zero-order valence-corrected chi connectivity index (χ0v) is 11.5. The van der Waals surface area contributed by atoms with E-state index in [1.807, 2.05) is 11.3 Å². The molecule has 0 aromatic carbocycles. The Morgan fingerprint density at radius 2 is 2.47 bits per heavy atom. The fraction of sp³-hybridized carbons (Fsp3) is 0.692. The van der Waals surface area contributed by atoms with Crippen LogP contribution in [0.4, 0.5) is 0 Å². The Hall–Kier alpha value is -0.420. The molecule has 0 spiro atoms. The van der Waals surface area contributed by atoms with Crippen LogP contribution in [0.15, 0.2) is 17.5 Å². The highest BCUT2D eigenvalue weighted by Gasteiger charge is 2.25. The molecule has 1 fully saturated rings. The zero-order chi connectivity index (χ0) is 12.1. The number of ether oxygens (including phenoxy) is 1. The van der Waals surface area contributed by atoms with Crippen molar-refractivity contribution >= 4 is 11.3 Å². The van der Waals surface area contributed by atoms with E-state index in [1.165, 1.54) is 17.7 Å². The molecule has 2 unspecified atom stereocenters. The second-order valence-corrected chi connectivity index (χ2v) is 5.82. The molecular weight excluding hydrogens is 232 g/mol. The Morgan fingerprint density at radius 1 is 1.59 bits per heavy atom. The van der Waals surface area contributed by atoms with Crippen LogP contribution >= 0.6 is 11.3 Å². The summed E-state index contributed by atoms with van der Waals surface area (Å²) in [6.45, 7) is 2.67. The molecule has 2 atom stereocenters. The van der Waals surface area contributed by atoms with Crippen molar-refractivity contribution in [3.8, 4) is 0 Å². The molecule has 3 nitrogen and oxygen atoms in total. The number of thiophene rings is 1. The highest BCUT2D eigenvalue weighted by atomic mass is 32.1. The summed E-state index contributed by atoms with van der Waals surface area (Å²) in [5.74, 6) is 0. The molecule has 0 aliphatic carbocycles. The monoisotopic (exact) mass is 254 g/mol. The van der Waals surface area contributed by atoms with Crippen LogP contribution in [0.2, 0.25) is 0 Å². The highest BCUT2D eigenvalue weighted by molar-refractivity contribution is 7.09. The van der Waals surface area contributed by atoms with Gasteiger partial charge in [0.15, 0.2) is 0 Å². The van der Waals surface area contributed by atoms with Crippen molar-refractivity contribution < 1.29 is 4.74 Å². The Bertz CT molecular complexity index is 307. The standard InChI is InChI=1S/C13H22N2OS/c1-15(2)13(12-10-16-8-7-14-12)6-5-11-4-3-9-17-11/h3-4,9,12-14H,5-8,10H2,1-2H3. The lowest BCUT2D eigenvalue weighted by Crippen LogP contribution is -2.53. The van der Waals surface area contributed by atoms with E-state index in [0.29, 0.717) is 12.1 Å². The number of hydrogen-bond acceptors (Lipinski definition) is 4. The third-order valence-electron chi connectivity index (χ3n) is 3.34. The van der Waals surface area contributed by atoms with E-state index in [9.17, 15) is 0 Å². The molecule has 0 saturated carbocycles. The summed E-state index contributed by atoms with van der Waals surface area (Å²) < 4.78 is 5.56. The first-order chi connectivity index (χ1) is 8.27. The van der Waals surface area contributed by atoms with E-state index in [-0.39, 0.29) is 0 Å². The fourth-order valence-electron chi connectivity index (χ4n) is 2.40. The average Bonchev–Trinajstić information content (AvgIpc) is 2.83. The van der Waals surface area contributed by atoms with Gasteiger partial charge in [-0.25, -0.2) is 0 Å². The molecular formula is C13H22N2OS. The van der Waals surface area contributed by atoms with Crippen LogP contribution in [-0.2, 0) is 11.2 Å². The molecule has 96 valence electrons. The summed E-state index contributed by atoms with van der Waals surface area (Å²) in [6.07, 6.45) is 2.35. The second-order valence-electron chi connectivity index (χ2n) is 4.78. The molecule has 2 rings (SSSR count). The van der Waals surface area contributed by atoms with E-state index in [2.05, 4.69) is 41.8 Å². The normalized spacial score (nSPS) is 22.9. The van der Waals surface area contributed by atoms with Crippen molar-refractivity contribution in [2.75, 3.05) is 33.9 Å². The number of likely N-dealkylation sites (N-methyl/N-ethyl adjacent to an activating group) is 1. The zero-order valence-electron chi connectivity index (χ0n) is 10.7. The SMILES string of the molecule is CN(C)C(CCc1cccs1)C1COCCN1. The number of nitrogens with zero attached hydrogens (tertiary/aromatic N) is 1. The summed E-state index contributed by atoms with van der Waals surface area (Å²) >= 11 is 1.85. The van der Waals surface area contributed by atoms with Crippen molar-refractivity contribution in [3.05, 3.63) is 22.4 Å². The molecule has 1 saturated heterocycles. The van der Waals surface area contributed by atoms with Crippen LogP contribution in [0.1, 0.15) is 11.3 Å². The van der Waals surface area contributed by atoms with Crippen LogP contribution in [0.3, 0.4) is 0 Å². The van der Waals surface area contributed by atoms with Gasteiger partial charge in [0, 0.05) is 23.5 Å². The van der Waals surface area contributed by atoms with Crippen molar-refractivity contribution in [1.82, 2.24) is 10.2 Å². The third kappa shape index (κ3) is 3.78. The maximum atomic E-state index is 5.56. The van der Waals surface area contributed by atoms with E-state index in [0.717, 1.165) is 19.8 Å². The molecule has 17 heavy (non-hydrogen) atoms. The Balaban J connectivity index is 1.87. The van der Waals surface area contributed by atoms with E-state index >= 15 is 0 Å². The van der Waals surface area contributed by atoms with Crippen LogP contribution in [0.5, 0.6) is 0 Å². The van der Waals surface area contributed by atoms with Gasteiger partial charge in [0.05, 0.1) is 13.2 Å². The smallest absolute Gasteiger partial charge is 0.0635 e. The van der Waals surface area contributed by atoms with Crippen molar-refractivity contribution in [2.45, 2.75) is 24.9 Å². The fourth-order valence-corrected chi connectivity index (χ4v) is 3.12. The molecule has 1 aliphatic rings. The van der Waals surface area contributed by atoms with Gasteiger partial charge in [-0.1, -0.05) is 6.07 Å². The summed E-state index contributed by atoms with van der Waals surface area (Å²) in [6, 6.07) is 5.38. The molecule has 1 N–H and O–H groups in total. The van der Waals surface area contributed by atoms with Gasteiger partial charge in [-0.05, 0) is 38.4 Å². The minimum Gasteiger partial charge on any atom is -0.378 e. The summed E-state index contributed by atoms with van der Waals surface area (Å²) in [7, 11) is 4.32. The first kappa shape index (κ1) is 13.0.